The van der Waals surface area contributed by atoms with E-state index in [1.54, 1.807) is 12.1 Å². The topological polar surface area (TPSA) is 42.0 Å². The standard InChI is InChI=1S/C18H19ClN2O/c19-18-8-7-16(12-21-18)17(22)10-13-3-5-14(6-4-13)15-2-1-9-20-11-15/h3-8,12,15,20H,1-2,9-11H2/t15-/m0/s1. The molecule has 0 spiro atoms. The predicted octanol–water partition coefficient (Wildman–Crippen LogP) is 3.63. The van der Waals surface area contributed by atoms with Gasteiger partial charge < -0.3 is 5.32 Å². The molecule has 1 aromatic heterocycles. The molecule has 0 unspecified atom stereocenters. The second kappa shape index (κ2) is 7.03. The van der Waals surface area contributed by atoms with E-state index in [0.717, 1.165) is 18.7 Å². The van der Waals surface area contributed by atoms with Gasteiger partial charge in [0.1, 0.15) is 5.15 Å². The average molecular weight is 315 g/mol. The van der Waals surface area contributed by atoms with Crippen molar-refractivity contribution in [2.24, 2.45) is 0 Å². The van der Waals surface area contributed by atoms with Crippen LogP contribution in [0.1, 0.15) is 40.2 Å². The molecule has 114 valence electrons. The molecule has 0 saturated carbocycles. The summed E-state index contributed by atoms with van der Waals surface area (Å²) in [4.78, 5) is 16.2. The smallest absolute Gasteiger partial charge is 0.168 e. The Morgan fingerprint density at radius 3 is 2.68 bits per heavy atom. The van der Waals surface area contributed by atoms with Crippen molar-refractivity contribution in [1.29, 1.82) is 0 Å². The first-order valence-corrected chi connectivity index (χ1v) is 8.04. The fraction of sp³-hybridized carbons (Fsp3) is 0.333. The number of nitrogens with one attached hydrogen (secondary N) is 1. The van der Waals surface area contributed by atoms with Gasteiger partial charge in [0.2, 0.25) is 0 Å². The van der Waals surface area contributed by atoms with E-state index < -0.39 is 0 Å². The second-order valence-corrected chi connectivity index (χ2v) is 6.14. The van der Waals surface area contributed by atoms with E-state index in [4.69, 9.17) is 11.6 Å². The molecule has 0 aliphatic carbocycles. The number of pyridine rings is 1. The van der Waals surface area contributed by atoms with Crippen LogP contribution in [-0.4, -0.2) is 23.9 Å². The Kier molecular flexibility index (Phi) is 4.86. The van der Waals surface area contributed by atoms with Gasteiger partial charge >= 0.3 is 0 Å². The molecule has 0 radical (unpaired) electrons. The van der Waals surface area contributed by atoms with Crippen LogP contribution in [0.3, 0.4) is 0 Å². The quantitative estimate of drug-likeness (QED) is 0.692. The molecule has 1 saturated heterocycles. The first-order chi connectivity index (χ1) is 10.7. The van der Waals surface area contributed by atoms with Gasteiger partial charge in [-0.3, -0.25) is 4.79 Å². The molecule has 2 aromatic rings. The predicted molar refractivity (Wildman–Crippen MR) is 88.6 cm³/mol. The summed E-state index contributed by atoms with van der Waals surface area (Å²) in [5.41, 5.74) is 2.99. The van der Waals surface area contributed by atoms with Crippen molar-refractivity contribution >= 4 is 17.4 Å². The van der Waals surface area contributed by atoms with E-state index in [2.05, 4.69) is 34.6 Å². The van der Waals surface area contributed by atoms with Crippen molar-refractivity contribution in [3.8, 4) is 0 Å². The fourth-order valence-corrected chi connectivity index (χ4v) is 2.98. The Morgan fingerprint density at radius 2 is 2.05 bits per heavy atom. The van der Waals surface area contributed by atoms with E-state index in [1.165, 1.54) is 24.6 Å². The summed E-state index contributed by atoms with van der Waals surface area (Å²) < 4.78 is 0. The van der Waals surface area contributed by atoms with Gasteiger partial charge in [-0.05, 0) is 48.6 Å². The molecule has 4 heteroatoms. The maximum absolute atomic E-state index is 12.2. The van der Waals surface area contributed by atoms with E-state index >= 15 is 0 Å². The van der Waals surface area contributed by atoms with Crippen molar-refractivity contribution < 1.29 is 4.79 Å². The van der Waals surface area contributed by atoms with Gasteiger partial charge in [-0.2, -0.15) is 0 Å². The molecule has 1 fully saturated rings. The maximum atomic E-state index is 12.2. The Morgan fingerprint density at radius 1 is 1.23 bits per heavy atom. The van der Waals surface area contributed by atoms with Crippen LogP contribution in [-0.2, 0) is 6.42 Å². The minimum absolute atomic E-state index is 0.0660. The lowest BCUT2D eigenvalue weighted by atomic mass is 9.90. The fourth-order valence-electron chi connectivity index (χ4n) is 2.87. The summed E-state index contributed by atoms with van der Waals surface area (Å²) in [5.74, 6) is 0.662. The number of Topliss-reactive ketones (excluding diaryl/α,β-unsaturated/α-hetero) is 1. The van der Waals surface area contributed by atoms with E-state index in [-0.39, 0.29) is 5.78 Å². The average Bonchev–Trinajstić information content (AvgIpc) is 2.57. The van der Waals surface area contributed by atoms with Crippen LogP contribution in [0, 0.1) is 0 Å². The Balaban J connectivity index is 1.65. The largest absolute Gasteiger partial charge is 0.316 e. The van der Waals surface area contributed by atoms with Crippen LogP contribution in [0.4, 0.5) is 0 Å². The zero-order chi connectivity index (χ0) is 15.4. The number of halogens is 1. The molecular weight excluding hydrogens is 296 g/mol. The Hall–Kier alpha value is -1.71. The minimum atomic E-state index is 0.0660. The Labute approximate surface area is 135 Å². The van der Waals surface area contributed by atoms with Crippen molar-refractivity contribution in [1.82, 2.24) is 10.3 Å². The molecule has 3 nitrogen and oxygen atoms in total. The minimum Gasteiger partial charge on any atom is -0.316 e. The van der Waals surface area contributed by atoms with Crippen molar-refractivity contribution in [2.45, 2.75) is 25.2 Å². The lowest BCUT2D eigenvalue weighted by Crippen LogP contribution is -2.28. The van der Waals surface area contributed by atoms with Crippen LogP contribution >= 0.6 is 11.6 Å². The lowest BCUT2D eigenvalue weighted by Gasteiger charge is -2.23. The summed E-state index contributed by atoms with van der Waals surface area (Å²) in [7, 11) is 0. The zero-order valence-electron chi connectivity index (χ0n) is 12.4. The van der Waals surface area contributed by atoms with E-state index in [1.807, 2.05) is 0 Å². The third-order valence-electron chi connectivity index (χ3n) is 4.16. The number of ketones is 1. The molecule has 1 aliphatic heterocycles. The third-order valence-corrected chi connectivity index (χ3v) is 4.39. The second-order valence-electron chi connectivity index (χ2n) is 5.75. The van der Waals surface area contributed by atoms with E-state index in [0.29, 0.717) is 23.1 Å². The van der Waals surface area contributed by atoms with Gasteiger partial charge in [-0.15, -0.1) is 0 Å². The number of aromatic nitrogens is 1. The SMILES string of the molecule is O=C(Cc1ccc([C@H]2CCCNC2)cc1)c1ccc(Cl)nc1. The first-order valence-electron chi connectivity index (χ1n) is 7.67. The Bertz CT molecular complexity index is 631. The molecule has 2 heterocycles. The van der Waals surface area contributed by atoms with Gasteiger partial charge in [0.25, 0.3) is 0 Å². The monoisotopic (exact) mass is 314 g/mol. The molecule has 1 atom stereocenters. The van der Waals surface area contributed by atoms with Crippen LogP contribution in [0.5, 0.6) is 0 Å². The van der Waals surface area contributed by atoms with Crippen molar-refractivity contribution in [2.75, 3.05) is 13.1 Å². The van der Waals surface area contributed by atoms with Crippen LogP contribution in [0.2, 0.25) is 5.15 Å². The first kappa shape index (κ1) is 15.2. The van der Waals surface area contributed by atoms with Gasteiger partial charge in [0.05, 0.1) is 0 Å². The summed E-state index contributed by atoms with van der Waals surface area (Å²) >= 11 is 5.74. The normalized spacial score (nSPS) is 18.1. The van der Waals surface area contributed by atoms with E-state index in [9.17, 15) is 4.79 Å². The lowest BCUT2D eigenvalue weighted by molar-refractivity contribution is 0.0992. The highest BCUT2D eigenvalue weighted by Crippen LogP contribution is 2.23. The number of carbonyl (C=O) groups excluding carboxylic acids is 1. The molecular formula is C18H19ClN2O. The number of nitrogens with zero attached hydrogens (tertiary/aromatic N) is 1. The highest BCUT2D eigenvalue weighted by Gasteiger charge is 2.15. The summed E-state index contributed by atoms with van der Waals surface area (Å²) in [6.07, 6.45) is 4.40. The van der Waals surface area contributed by atoms with Crippen molar-refractivity contribution in [3.05, 3.63) is 64.4 Å². The molecule has 3 rings (SSSR count). The molecule has 1 aliphatic rings. The van der Waals surface area contributed by atoms with Crippen LogP contribution in [0.25, 0.3) is 0 Å². The zero-order valence-corrected chi connectivity index (χ0v) is 13.1. The highest BCUT2D eigenvalue weighted by molar-refractivity contribution is 6.29. The summed E-state index contributed by atoms with van der Waals surface area (Å²) in [6.45, 7) is 2.17. The van der Waals surface area contributed by atoms with Gasteiger partial charge in [0.15, 0.2) is 5.78 Å². The third kappa shape index (κ3) is 3.73. The molecule has 0 bridgehead atoms. The number of carbonyl (C=O) groups is 1. The summed E-state index contributed by atoms with van der Waals surface area (Å²) in [5, 5.41) is 3.84. The number of benzene rings is 1. The van der Waals surface area contributed by atoms with Crippen LogP contribution in [0.15, 0.2) is 42.6 Å². The molecule has 1 aromatic carbocycles. The molecule has 22 heavy (non-hydrogen) atoms. The van der Waals surface area contributed by atoms with Crippen molar-refractivity contribution in [3.63, 3.8) is 0 Å². The number of rotatable bonds is 4. The molecule has 1 N–H and O–H groups in total. The number of piperidine rings is 1. The number of hydrogen-bond acceptors (Lipinski definition) is 3. The van der Waals surface area contributed by atoms with Crippen LogP contribution < -0.4 is 5.32 Å². The number of hydrogen-bond donors (Lipinski definition) is 1. The maximum Gasteiger partial charge on any atom is 0.168 e. The van der Waals surface area contributed by atoms with Gasteiger partial charge in [-0.1, -0.05) is 35.9 Å². The van der Waals surface area contributed by atoms with Gasteiger partial charge in [0, 0.05) is 24.7 Å². The summed E-state index contributed by atoms with van der Waals surface area (Å²) in [6, 6.07) is 11.8. The molecule has 0 amide bonds. The highest BCUT2D eigenvalue weighted by atomic mass is 35.5. The van der Waals surface area contributed by atoms with Gasteiger partial charge in [-0.25, -0.2) is 4.98 Å².